The molecule has 0 fully saturated rings. The molecule has 0 bridgehead atoms. The minimum absolute atomic E-state index is 0. The molecule has 0 radical (unpaired) electrons. The monoisotopic (exact) mass is 315 g/mol. The second-order valence-corrected chi connectivity index (χ2v) is 5.38. The largest absolute Gasteiger partial charge is 1.00 e. The molecule has 5 nitrogen and oxygen atoms in total. The molecule has 0 saturated heterocycles. The zero-order chi connectivity index (χ0) is 14.0. The molecule has 0 spiro atoms. The maximum absolute atomic E-state index is 9.69. The lowest BCUT2D eigenvalue weighted by Gasteiger charge is -2.04. The highest BCUT2D eigenvalue weighted by molar-refractivity contribution is 7.09. The Balaban J connectivity index is 0.00000200. The Kier molecular flexibility index (Phi) is 5.88. The molecule has 1 atom stereocenters. The number of nitrogens with zero attached hydrogens (tertiary/aromatic N) is 2. The van der Waals surface area contributed by atoms with Crippen LogP contribution >= 0.6 is 11.3 Å². The number of anilines is 1. The Labute approximate surface area is 128 Å². The number of aromatic nitrogens is 2. The molecule has 0 aromatic carbocycles. The van der Waals surface area contributed by atoms with Gasteiger partial charge in [0.15, 0.2) is 12.2 Å². The number of hydrogen-bond acceptors (Lipinski definition) is 5. The Bertz CT molecular complexity index is 589. The van der Waals surface area contributed by atoms with Crippen LogP contribution in [0.2, 0.25) is 0 Å². The lowest BCUT2D eigenvalue weighted by molar-refractivity contribution is -0.689. The number of halogens is 1. The number of nitrogens with two attached hydrogens (primary N) is 1. The van der Waals surface area contributed by atoms with Crippen molar-refractivity contribution in [3.05, 3.63) is 39.5 Å². The summed E-state index contributed by atoms with van der Waals surface area (Å²) in [6.45, 7) is 4.16. The molecule has 110 valence electrons. The molecule has 0 aliphatic rings. The number of hydrogen-bond donors (Lipinski definition) is 3. The smallest absolute Gasteiger partial charge is 0.225 e. The van der Waals surface area contributed by atoms with E-state index in [1.807, 2.05) is 36.1 Å². The van der Waals surface area contributed by atoms with Crippen LogP contribution in [0.15, 0.2) is 17.6 Å². The van der Waals surface area contributed by atoms with Gasteiger partial charge in [-0.05, 0) is 19.1 Å². The first-order valence-corrected chi connectivity index (χ1v) is 6.89. The highest BCUT2D eigenvalue weighted by Crippen LogP contribution is 2.20. The first kappa shape index (κ1) is 16.8. The summed E-state index contributed by atoms with van der Waals surface area (Å²) >= 11 is 1.43. The average Bonchev–Trinajstić information content (AvgIpc) is 2.73. The van der Waals surface area contributed by atoms with E-state index in [-0.39, 0.29) is 19.0 Å². The van der Waals surface area contributed by atoms with Gasteiger partial charge in [0, 0.05) is 12.6 Å². The van der Waals surface area contributed by atoms with E-state index in [2.05, 4.69) is 4.98 Å². The van der Waals surface area contributed by atoms with Gasteiger partial charge in [0.25, 0.3) is 0 Å². The summed E-state index contributed by atoms with van der Waals surface area (Å²) in [5.74, 6) is 0.530. The number of nitrogen functional groups attached to an aromatic ring is 1. The Morgan fingerprint density at radius 2 is 2.10 bits per heavy atom. The quantitative estimate of drug-likeness (QED) is 0.555. The molecule has 4 N–H and O–H groups in total. The summed E-state index contributed by atoms with van der Waals surface area (Å²) in [6.07, 6.45) is -0.820. The van der Waals surface area contributed by atoms with E-state index in [0.717, 1.165) is 21.8 Å². The number of aliphatic hydroxyl groups excluding tert-OH is 2. The van der Waals surface area contributed by atoms with Gasteiger partial charge in [-0.1, -0.05) is 11.3 Å². The van der Waals surface area contributed by atoms with E-state index in [1.54, 1.807) is 0 Å². The van der Waals surface area contributed by atoms with Crippen LogP contribution in [0.3, 0.4) is 0 Å². The van der Waals surface area contributed by atoms with Crippen LogP contribution in [0.1, 0.15) is 27.9 Å². The fourth-order valence-electron chi connectivity index (χ4n) is 1.91. The number of rotatable bonds is 4. The van der Waals surface area contributed by atoms with Crippen LogP contribution in [0.25, 0.3) is 0 Å². The Morgan fingerprint density at radius 1 is 1.40 bits per heavy atom. The van der Waals surface area contributed by atoms with Crippen molar-refractivity contribution in [2.45, 2.75) is 26.5 Å². The van der Waals surface area contributed by atoms with E-state index in [0.29, 0.717) is 12.4 Å². The topological polar surface area (TPSA) is 83.2 Å². The van der Waals surface area contributed by atoms with E-state index in [1.165, 1.54) is 11.3 Å². The molecule has 0 amide bonds. The van der Waals surface area contributed by atoms with Crippen molar-refractivity contribution in [2.75, 3.05) is 12.3 Å². The number of thiazole rings is 1. The van der Waals surface area contributed by atoms with E-state index >= 15 is 0 Å². The first-order valence-electron chi connectivity index (χ1n) is 6.01. The molecule has 0 aliphatic carbocycles. The molecular formula is C13H18ClN3O2S. The minimum Gasteiger partial charge on any atom is -1.00 e. The summed E-state index contributed by atoms with van der Waals surface area (Å²) < 4.78 is 2.00. The van der Waals surface area contributed by atoms with Crippen LogP contribution in [-0.4, -0.2) is 21.8 Å². The van der Waals surface area contributed by atoms with Gasteiger partial charge in [0.2, 0.25) is 5.51 Å². The van der Waals surface area contributed by atoms with Crippen molar-refractivity contribution in [3.63, 3.8) is 0 Å². The van der Waals surface area contributed by atoms with E-state index in [9.17, 15) is 5.11 Å². The molecule has 2 heterocycles. The highest BCUT2D eigenvalue weighted by atomic mass is 35.5. The van der Waals surface area contributed by atoms with Gasteiger partial charge in [0.1, 0.15) is 16.8 Å². The standard InChI is InChI=1S/C13H18N3O2S.ClH/c1-8-3-4-10(13(14)15-8)5-16-7-19-12(9(16)2)11(18)6-17;/h3-4,7,11,17-18H,5-6H2,1-2H3,(H2,14,15);1H/q+1;/p-1. The highest BCUT2D eigenvalue weighted by Gasteiger charge is 2.21. The predicted octanol–water partition coefficient (Wildman–Crippen LogP) is -2.29. The zero-order valence-corrected chi connectivity index (χ0v) is 12.9. The first-order chi connectivity index (χ1) is 9.02. The van der Waals surface area contributed by atoms with Crippen molar-refractivity contribution in [1.82, 2.24) is 4.98 Å². The number of aryl methyl sites for hydroxylation is 1. The molecule has 2 aromatic heterocycles. The van der Waals surface area contributed by atoms with Gasteiger partial charge >= 0.3 is 0 Å². The number of aliphatic hydroxyl groups is 2. The molecule has 2 aromatic rings. The van der Waals surface area contributed by atoms with Gasteiger partial charge in [-0.15, -0.1) is 0 Å². The van der Waals surface area contributed by atoms with Crippen molar-refractivity contribution in [3.8, 4) is 0 Å². The van der Waals surface area contributed by atoms with Crippen LogP contribution in [0.5, 0.6) is 0 Å². The molecule has 20 heavy (non-hydrogen) atoms. The van der Waals surface area contributed by atoms with Crippen LogP contribution in [0.4, 0.5) is 5.82 Å². The lowest BCUT2D eigenvalue weighted by Crippen LogP contribution is -3.00. The SMILES string of the molecule is Cc1ccc(C[n+]2csc(C(O)CO)c2C)c(N)n1.[Cl-]. The molecule has 1 unspecified atom stereocenters. The van der Waals surface area contributed by atoms with Crippen LogP contribution in [0, 0.1) is 13.8 Å². The van der Waals surface area contributed by atoms with Gasteiger partial charge < -0.3 is 28.4 Å². The molecule has 7 heteroatoms. The maximum Gasteiger partial charge on any atom is 0.225 e. The Morgan fingerprint density at radius 3 is 2.70 bits per heavy atom. The number of pyridine rings is 1. The summed E-state index contributed by atoms with van der Waals surface area (Å²) in [4.78, 5) is 5.01. The third-order valence-electron chi connectivity index (χ3n) is 3.06. The summed E-state index contributed by atoms with van der Waals surface area (Å²) in [6, 6.07) is 3.89. The van der Waals surface area contributed by atoms with Gasteiger partial charge in [-0.2, -0.15) is 4.57 Å². The zero-order valence-electron chi connectivity index (χ0n) is 11.4. The third-order valence-corrected chi connectivity index (χ3v) is 4.24. The fourth-order valence-corrected chi connectivity index (χ4v) is 2.90. The maximum atomic E-state index is 9.69. The van der Waals surface area contributed by atoms with Gasteiger partial charge in [-0.3, -0.25) is 0 Å². The van der Waals surface area contributed by atoms with E-state index < -0.39 is 6.10 Å². The van der Waals surface area contributed by atoms with Crippen molar-refractivity contribution in [1.29, 1.82) is 0 Å². The summed E-state index contributed by atoms with van der Waals surface area (Å²) in [5.41, 5.74) is 10.6. The average molecular weight is 316 g/mol. The third kappa shape index (κ3) is 3.46. The van der Waals surface area contributed by atoms with Crippen molar-refractivity contribution < 1.29 is 27.2 Å². The van der Waals surface area contributed by atoms with Gasteiger partial charge in [-0.25, -0.2) is 4.98 Å². The second-order valence-electron chi connectivity index (χ2n) is 4.50. The van der Waals surface area contributed by atoms with Gasteiger partial charge in [0.05, 0.1) is 12.2 Å². The minimum atomic E-state index is -0.820. The predicted molar refractivity (Wildman–Crippen MR) is 73.8 cm³/mol. The molecular weight excluding hydrogens is 298 g/mol. The molecule has 2 rings (SSSR count). The molecule has 0 aliphatic heterocycles. The normalized spacial score (nSPS) is 12.0. The molecule has 0 saturated carbocycles. The Hall–Kier alpha value is -1.21. The lowest BCUT2D eigenvalue weighted by atomic mass is 10.2. The fraction of sp³-hybridized carbons (Fsp3) is 0.385. The second kappa shape index (κ2) is 6.99. The summed E-state index contributed by atoms with van der Waals surface area (Å²) in [7, 11) is 0. The van der Waals surface area contributed by atoms with E-state index in [4.69, 9.17) is 10.8 Å². The van der Waals surface area contributed by atoms with Crippen molar-refractivity contribution >= 4 is 17.2 Å². The van der Waals surface area contributed by atoms with Crippen LogP contribution in [-0.2, 0) is 6.54 Å². The van der Waals surface area contributed by atoms with Crippen LogP contribution < -0.4 is 22.7 Å². The van der Waals surface area contributed by atoms with Crippen molar-refractivity contribution in [2.24, 2.45) is 0 Å². The summed E-state index contributed by atoms with van der Waals surface area (Å²) in [5, 5.41) is 18.7.